The summed E-state index contributed by atoms with van der Waals surface area (Å²) in [4.78, 5) is 18.8. The van der Waals surface area contributed by atoms with E-state index in [4.69, 9.17) is 0 Å². The van der Waals surface area contributed by atoms with Crippen LogP contribution in [0.3, 0.4) is 0 Å². The Hall–Kier alpha value is -2.86. The van der Waals surface area contributed by atoms with Crippen molar-refractivity contribution in [1.82, 2.24) is 20.9 Å². The molecule has 1 fully saturated rings. The van der Waals surface area contributed by atoms with E-state index >= 15 is 0 Å². The highest BCUT2D eigenvalue weighted by atomic mass is 16.1. The first kappa shape index (κ1) is 21.8. The SMILES string of the molecule is CCNC(=O)c1cccc(CNC(=NC)NCc2ccc(CN3CCCC3)cc2)c1. The summed E-state index contributed by atoms with van der Waals surface area (Å²) < 4.78 is 0. The lowest BCUT2D eigenvalue weighted by Gasteiger charge is -2.15. The molecule has 6 nitrogen and oxygen atoms in total. The van der Waals surface area contributed by atoms with Crippen molar-refractivity contribution >= 4 is 11.9 Å². The van der Waals surface area contributed by atoms with Crippen molar-refractivity contribution in [1.29, 1.82) is 0 Å². The Bertz CT molecular complexity index is 841. The second-order valence-electron chi connectivity index (χ2n) is 7.64. The Balaban J connectivity index is 1.46. The average Bonchev–Trinajstić information content (AvgIpc) is 3.28. The minimum absolute atomic E-state index is 0.0463. The number of benzene rings is 2. The van der Waals surface area contributed by atoms with Crippen LogP contribution < -0.4 is 16.0 Å². The Morgan fingerprint density at radius 2 is 1.60 bits per heavy atom. The Labute approximate surface area is 179 Å². The number of carbonyl (C=O) groups excluding carboxylic acids is 1. The van der Waals surface area contributed by atoms with E-state index < -0.39 is 0 Å². The summed E-state index contributed by atoms with van der Waals surface area (Å²) in [6.07, 6.45) is 2.65. The van der Waals surface area contributed by atoms with E-state index in [1.165, 1.54) is 37.1 Å². The van der Waals surface area contributed by atoms with Crippen molar-refractivity contribution < 1.29 is 4.79 Å². The van der Waals surface area contributed by atoms with Crippen LogP contribution in [0.5, 0.6) is 0 Å². The average molecular weight is 408 g/mol. The van der Waals surface area contributed by atoms with Crippen LogP contribution in [0.1, 0.15) is 46.8 Å². The second kappa shape index (κ2) is 11.4. The fourth-order valence-corrected chi connectivity index (χ4v) is 3.64. The Morgan fingerprint density at radius 1 is 0.933 bits per heavy atom. The van der Waals surface area contributed by atoms with Gasteiger partial charge < -0.3 is 16.0 Å². The van der Waals surface area contributed by atoms with Crippen LogP contribution in [0.2, 0.25) is 0 Å². The lowest BCUT2D eigenvalue weighted by molar-refractivity contribution is 0.0955. The summed E-state index contributed by atoms with van der Waals surface area (Å²) >= 11 is 0. The fourth-order valence-electron chi connectivity index (χ4n) is 3.64. The van der Waals surface area contributed by atoms with Gasteiger partial charge >= 0.3 is 0 Å². The van der Waals surface area contributed by atoms with Gasteiger partial charge in [-0.15, -0.1) is 0 Å². The van der Waals surface area contributed by atoms with Crippen LogP contribution >= 0.6 is 0 Å². The van der Waals surface area contributed by atoms with Gasteiger partial charge in [-0.1, -0.05) is 36.4 Å². The van der Waals surface area contributed by atoms with E-state index in [2.05, 4.69) is 50.1 Å². The molecule has 0 bridgehead atoms. The van der Waals surface area contributed by atoms with E-state index in [9.17, 15) is 4.79 Å². The van der Waals surface area contributed by atoms with Gasteiger partial charge in [0.05, 0.1) is 0 Å². The summed E-state index contributed by atoms with van der Waals surface area (Å²) in [6, 6.07) is 16.4. The summed E-state index contributed by atoms with van der Waals surface area (Å²) in [5.74, 6) is 0.689. The molecule has 2 aromatic rings. The van der Waals surface area contributed by atoms with E-state index in [0.717, 1.165) is 18.1 Å². The number of hydrogen-bond acceptors (Lipinski definition) is 3. The Morgan fingerprint density at radius 3 is 2.27 bits per heavy atom. The molecular weight excluding hydrogens is 374 g/mol. The molecule has 1 aliphatic heterocycles. The van der Waals surface area contributed by atoms with Crippen LogP contribution in [0.15, 0.2) is 53.5 Å². The summed E-state index contributed by atoms with van der Waals surface area (Å²) in [7, 11) is 1.76. The molecule has 0 aromatic heterocycles. The van der Waals surface area contributed by atoms with Gasteiger partial charge in [-0.3, -0.25) is 14.7 Å². The first-order valence-electron chi connectivity index (χ1n) is 10.8. The third-order valence-corrected chi connectivity index (χ3v) is 5.30. The molecular formula is C24H33N5O. The number of carbonyl (C=O) groups is 1. The summed E-state index contributed by atoms with van der Waals surface area (Å²) in [6.45, 7) is 7.34. The fraction of sp³-hybridized carbons (Fsp3) is 0.417. The van der Waals surface area contributed by atoms with E-state index in [0.29, 0.717) is 25.2 Å². The number of likely N-dealkylation sites (tertiary alicyclic amines) is 1. The van der Waals surface area contributed by atoms with Crippen LogP contribution in [-0.2, 0) is 19.6 Å². The standard InChI is InChI=1S/C24H33N5O/c1-3-26-23(30)22-8-6-7-21(15-22)17-28-24(25-2)27-16-19-9-11-20(12-10-19)18-29-13-4-5-14-29/h6-12,15H,3-5,13-14,16-18H2,1-2H3,(H,26,30)(H2,25,27,28). The van der Waals surface area contributed by atoms with E-state index in [1.54, 1.807) is 7.05 Å². The monoisotopic (exact) mass is 407 g/mol. The van der Waals surface area contributed by atoms with Crippen LogP contribution in [0.25, 0.3) is 0 Å². The largest absolute Gasteiger partial charge is 0.352 e. The van der Waals surface area contributed by atoms with Gasteiger partial charge in [0.15, 0.2) is 5.96 Å². The van der Waals surface area contributed by atoms with Crippen molar-refractivity contribution in [2.24, 2.45) is 4.99 Å². The molecule has 0 saturated carbocycles. The first-order valence-corrected chi connectivity index (χ1v) is 10.8. The topological polar surface area (TPSA) is 68.8 Å². The molecule has 3 N–H and O–H groups in total. The van der Waals surface area contributed by atoms with Crippen LogP contribution in [0.4, 0.5) is 0 Å². The quantitative estimate of drug-likeness (QED) is 0.465. The highest BCUT2D eigenvalue weighted by Crippen LogP contribution is 2.13. The molecule has 0 aliphatic carbocycles. The van der Waals surface area contributed by atoms with Gasteiger partial charge in [0.1, 0.15) is 0 Å². The second-order valence-corrected chi connectivity index (χ2v) is 7.64. The number of rotatable bonds is 8. The molecule has 1 amide bonds. The number of nitrogens with one attached hydrogen (secondary N) is 3. The van der Waals surface area contributed by atoms with Gasteiger partial charge in [-0.05, 0) is 61.7 Å². The molecule has 1 heterocycles. The van der Waals surface area contributed by atoms with Crippen LogP contribution in [-0.4, -0.2) is 43.4 Å². The normalized spacial score (nSPS) is 14.5. The molecule has 2 aromatic carbocycles. The van der Waals surface area contributed by atoms with Crippen molar-refractivity contribution in [3.8, 4) is 0 Å². The van der Waals surface area contributed by atoms with Gasteiger partial charge in [0.25, 0.3) is 5.91 Å². The minimum atomic E-state index is -0.0463. The van der Waals surface area contributed by atoms with Crippen molar-refractivity contribution in [3.05, 3.63) is 70.8 Å². The van der Waals surface area contributed by atoms with E-state index in [1.807, 2.05) is 31.2 Å². The van der Waals surface area contributed by atoms with Crippen molar-refractivity contribution in [2.45, 2.75) is 39.4 Å². The number of guanidine groups is 1. The van der Waals surface area contributed by atoms with Crippen LogP contribution in [0, 0.1) is 0 Å². The lowest BCUT2D eigenvalue weighted by Crippen LogP contribution is -2.36. The predicted octanol–water partition coefficient (Wildman–Crippen LogP) is 2.90. The molecule has 0 radical (unpaired) electrons. The zero-order valence-electron chi connectivity index (χ0n) is 18.1. The molecule has 30 heavy (non-hydrogen) atoms. The molecule has 6 heteroatoms. The van der Waals surface area contributed by atoms with Crippen molar-refractivity contribution in [2.75, 3.05) is 26.7 Å². The highest BCUT2D eigenvalue weighted by Gasteiger charge is 2.11. The van der Waals surface area contributed by atoms with Gasteiger partial charge in [0, 0.05) is 38.8 Å². The molecule has 3 rings (SSSR count). The molecule has 0 unspecified atom stereocenters. The predicted molar refractivity (Wildman–Crippen MR) is 122 cm³/mol. The molecule has 0 spiro atoms. The lowest BCUT2D eigenvalue weighted by atomic mass is 10.1. The van der Waals surface area contributed by atoms with Gasteiger partial charge in [-0.25, -0.2) is 0 Å². The summed E-state index contributed by atoms with van der Waals surface area (Å²) in [5.41, 5.74) is 4.30. The molecule has 0 atom stereocenters. The van der Waals surface area contributed by atoms with Gasteiger partial charge in [0.2, 0.25) is 0 Å². The Kier molecular flexibility index (Phi) is 8.27. The summed E-state index contributed by atoms with van der Waals surface area (Å²) in [5, 5.41) is 9.50. The first-order chi connectivity index (χ1) is 14.7. The smallest absolute Gasteiger partial charge is 0.251 e. The minimum Gasteiger partial charge on any atom is -0.352 e. The maximum Gasteiger partial charge on any atom is 0.251 e. The molecule has 1 aliphatic rings. The highest BCUT2D eigenvalue weighted by molar-refractivity contribution is 5.94. The van der Waals surface area contributed by atoms with Crippen molar-refractivity contribution in [3.63, 3.8) is 0 Å². The zero-order valence-corrected chi connectivity index (χ0v) is 18.1. The number of hydrogen-bond donors (Lipinski definition) is 3. The third-order valence-electron chi connectivity index (χ3n) is 5.30. The van der Waals surface area contributed by atoms with Gasteiger partial charge in [-0.2, -0.15) is 0 Å². The number of amides is 1. The zero-order chi connectivity index (χ0) is 21.2. The van der Waals surface area contributed by atoms with E-state index in [-0.39, 0.29) is 5.91 Å². The number of aliphatic imine (C=N–C) groups is 1. The maximum atomic E-state index is 12.0. The maximum absolute atomic E-state index is 12.0. The molecule has 160 valence electrons. The third kappa shape index (κ3) is 6.59. The number of nitrogens with zero attached hydrogens (tertiary/aromatic N) is 2. The molecule has 1 saturated heterocycles.